The molecule has 186 valence electrons. The zero-order valence-corrected chi connectivity index (χ0v) is 20.4. The summed E-state index contributed by atoms with van der Waals surface area (Å²) >= 11 is 0. The number of phenolic OH excluding ortho intramolecular Hbond substituents is 1. The van der Waals surface area contributed by atoms with Gasteiger partial charge in [-0.2, -0.15) is 0 Å². The second-order valence-electron chi connectivity index (χ2n) is 10.0. The van der Waals surface area contributed by atoms with Crippen LogP contribution in [0.3, 0.4) is 0 Å². The lowest BCUT2D eigenvalue weighted by atomic mass is 9.59. The molecule has 4 atom stereocenters. The summed E-state index contributed by atoms with van der Waals surface area (Å²) in [6.07, 6.45) is 3.91. The van der Waals surface area contributed by atoms with Gasteiger partial charge in [0.25, 0.3) is 0 Å². The van der Waals surface area contributed by atoms with Crippen LogP contribution in [0.4, 0.5) is 5.69 Å². The molecular weight excluding hydrogens is 470 g/mol. The van der Waals surface area contributed by atoms with E-state index in [0.29, 0.717) is 40.1 Å². The van der Waals surface area contributed by atoms with Gasteiger partial charge in [0.05, 0.1) is 24.6 Å². The summed E-state index contributed by atoms with van der Waals surface area (Å²) in [6.45, 7) is 1.62. The van der Waals surface area contributed by atoms with Crippen LogP contribution in [-0.2, 0) is 19.2 Å². The molecule has 1 saturated heterocycles. The number of rotatable bonds is 3. The van der Waals surface area contributed by atoms with Gasteiger partial charge < -0.3 is 9.84 Å². The molecule has 7 heteroatoms. The van der Waals surface area contributed by atoms with Crippen LogP contribution in [0.2, 0.25) is 0 Å². The van der Waals surface area contributed by atoms with E-state index in [-0.39, 0.29) is 35.6 Å². The lowest BCUT2D eigenvalue weighted by Gasteiger charge is -2.42. The standard InChI is InChI=1S/C30H25NO6/c1-15-12-23(33)27-21(28(15)34)14-20-18(25(27)16-8-11-24(37-2)22(32)13-16)9-10-19-26(20)30(36)31(29(19)35)17-6-4-3-5-7-17/h3-9,11-13,19-20,25-26,32H,10,14H2,1-2H3. The summed E-state index contributed by atoms with van der Waals surface area (Å²) in [7, 11) is 1.45. The maximum atomic E-state index is 13.8. The molecule has 3 aliphatic carbocycles. The number of anilines is 1. The fraction of sp³-hybridized carbons (Fsp3) is 0.267. The highest BCUT2D eigenvalue weighted by Crippen LogP contribution is 2.55. The van der Waals surface area contributed by atoms with Crippen LogP contribution in [0, 0.1) is 17.8 Å². The van der Waals surface area contributed by atoms with Crippen LogP contribution in [0.15, 0.2) is 83.0 Å². The van der Waals surface area contributed by atoms with E-state index >= 15 is 0 Å². The number of carbonyl (C=O) groups excluding carboxylic acids is 4. The topological polar surface area (TPSA) is 101 Å². The molecule has 2 aromatic carbocycles. The molecule has 0 aromatic heterocycles. The molecule has 0 radical (unpaired) electrons. The van der Waals surface area contributed by atoms with Gasteiger partial charge in [-0.05, 0) is 61.6 Å². The fourth-order valence-corrected chi connectivity index (χ4v) is 6.48. The Morgan fingerprint density at radius 1 is 0.973 bits per heavy atom. The largest absolute Gasteiger partial charge is 0.504 e. The van der Waals surface area contributed by atoms with Crippen molar-refractivity contribution in [3.63, 3.8) is 0 Å². The molecule has 1 aliphatic heterocycles. The zero-order valence-electron chi connectivity index (χ0n) is 20.4. The van der Waals surface area contributed by atoms with E-state index < -0.39 is 23.7 Å². The summed E-state index contributed by atoms with van der Waals surface area (Å²) in [5.41, 5.74) is 3.15. The number of hydrogen-bond donors (Lipinski definition) is 1. The summed E-state index contributed by atoms with van der Waals surface area (Å²) in [4.78, 5) is 55.1. The summed E-state index contributed by atoms with van der Waals surface area (Å²) in [5, 5.41) is 10.5. The monoisotopic (exact) mass is 495 g/mol. The van der Waals surface area contributed by atoms with Gasteiger partial charge in [0.2, 0.25) is 11.8 Å². The lowest BCUT2D eigenvalue weighted by molar-refractivity contribution is -0.123. The van der Waals surface area contributed by atoms with Crippen LogP contribution < -0.4 is 9.64 Å². The summed E-state index contributed by atoms with van der Waals surface area (Å²) in [6, 6.07) is 13.8. The Morgan fingerprint density at radius 2 is 1.73 bits per heavy atom. The van der Waals surface area contributed by atoms with Gasteiger partial charge in [0.15, 0.2) is 23.1 Å². The lowest BCUT2D eigenvalue weighted by Crippen LogP contribution is -2.39. The Kier molecular flexibility index (Phi) is 5.26. The van der Waals surface area contributed by atoms with E-state index in [2.05, 4.69) is 0 Å². The van der Waals surface area contributed by atoms with E-state index in [1.165, 1.54) is 18.1 Å². The third kappa shape index (κ3) is 3.34. The third-order valence-corrected chi connectivity index (χ3v) is 8.11. The number of fused-ring (bicyclic) bond motifs is 3. The zero-order chi connectivity index (χ0) is 26.0. The van der Waals surface area contributed by atoms with Crippen molar-refractivity contribution < 1.29 is 29.0 Å². The highest BCUT2D eigenvalue weighted by atomic mass is 16.5. The molecular formula is C30H25NO6. The number of nitrogens with zero attached hydrogens (tertiary/aromatic N) is 1. The van der Waals surface area contributed by atoms with Crippen molar-refractivity contribution in [3.05, 3.63) is 88.5 Å². The number of Topliss-reactive ketones (excluding diaryl/α,β-unsaturated/α-hetero) is 1. The van der Waals surface area contributed by atoms with Crippen molar-refractivity contribution in [2.75, 3.05) is 12.0 Å². The first-order valence-electron chi connectivity index (χ1n) is 12.3. The first kappa shape index (κ1) is 23.2. The number of hydrogen-bond acceptors (Lipinski definition) is 6. The van der Waals surface area contributed by atoms with Crippen LogP contribution in [0.25, 0.3) is 0 Å². The van der Waals surface area contributed by atoms with E-state index in [1.807, 2.05) is 12.1 Å². The van der Waals surface area contributed by atoms with Crippen molar-refractivity contribution in [2.24, 2.45) is 17.8 Å². The highest BCUT2D eigenvalue weighted by Gasteiger charge is 2.56. The number of aromatic hydroxyl groups is 1. The van der Waals surface area contributed by atoms with Crippen molar-refractivity contribution >= 4 is 29.1 Å². The highest BCUT2D eigenvalue weighted by molar-refractivity contribution is 6.25. The first-order chi connectivity index (χ1) is 17.8. The quantitative estimate of drug-likeness (QED) is 0.392. The normalized spacial score (nSPS) is 26.9. The van der Waals surface area contributed by atoms with Gasteiger partial charge in [0, 0.05) is 22.6 Å². The third-order valence-electron chi connectivity index (χ3n) is 8.11. The SMILES string of the molecule is COc1ccc(C2C3=CCC4C(=O)N(c5ccccc5)C(=O)C4C3CC3=C2C(=O)C=C(C)C3=O)cc1O. The van der Waals surface area contributed by atoms with E-state index in [1.54, 1.807) is 49.4 Å². The number of allylic oxidation sites excluding steroid dienone is 6. The average molecular weight is 496 g/mol. The molecule has 2 aromatic rings. The minimum Gasteiger partial charge on any atom is -0.504 e. The molecule has 2 amide bonds. The van der Waals surface area contributed by atoms with Crippen molar-refractivity contribution in [2.45, 2.75) is 25.7 Å². The molecule has 4 unspecified atom stereocenters. The second-order valence-corrected chi connectivity index (χ2v) is 10.0. The molecule has 0 saturated carbocycles. The fourth-order valence-electron chi connectivity index (χ4n) is 6.48. The van der Waals surface area contributed by atoms with Gasteiger partial charge in [-0.15, -0.1) is 0 Å². The molecule has 0 bridgehead atoms. The number of ketones is 2. The van der Waals surface area contributed by atoms with E-state index in [9.17, 15) is 24.3 Å². The number of carbonyl (C=O) groups is 4. The van der Waals surface area contributed by atoms with Crippen LogP contribution in [-0.4, -0.2) is 35.6 Å². The van der Waals surface area contributed by atoms with Gasteiger partial charge >= 0.3 is 0 Å². The molecule has 1 heterocycles. The maximum Gasteiger partial charge on any atom is 0.238 e. The van der Waals surface area contributed by atoms with Gasteiger partial charge in [-0.1, -0.05) is 35.9 Å². The Bertz CT molecular complexity index is 1480. The number of imide groups is 1. The van der Waals surface area contributed by atoms with Gasteiger partial charge in [-0.25, -0.2) is 0 Å². The molecule has 0 spiro atoms. The smallest absolute Gasteiger partial charge is 0.238 e. The predicted octanol–water partition coefficient (Wildman–Crippen LogP) is 4.03. The Morgan fingerprint density at radius 3 is 2.43 bits per heavy atom. The van der Waals surface area contributed by atoms with E-state index in [0.717, 1.165) is 5.57 Å². The number of ether oxygens (including phenoxy) is 1. The van der Waals surface area contributed by atoms with Gasteiger partial charge in [0.1, 0.15) is 0 Å². The van der Waals surface area contributed by atoms with Crippen molar-refractivity contribution in [1.82, 2.24) is 0 Å². The minimum absolute atomic E-state index is 0.0813. The van der Waals surface area contributed by atoms with Crippen LogP contribution in [0.5, 0.6) is 11.5 Å². The second kappa shape index (κ2) is 8.40. The molecule has 4 aliphatic rings. The maximum absolute atomic E-state index is 13.8. The first-order valence-corrected chi connectivity index (χ1v) is 12.3. The number of benzene rings is 2. The Hall–Kier alpha value is -4.26. The molecule has 1 N–H and O–H groups in total. The van der Waals surface area contributed by atoms with E-state index in [4.69, 9.17) is 4.74 Å². The average Bonchev–Trinajstić information content (AvgIpc) is 3.16. The number of phenols is 1. The summed E-state index contributed by atoms with van der Waals surface area (Å²) < 4.78 is 5.19. The van der Waals surface area contributed by atoms with Crippen molar-refractivity contribution in [3.8, 4) is 11.5 Å². The summed E-state index contributed by atoms with van der Waals surface area (Å²) in [5.74, 6) is -2.95. The van der Waals surface area contributed by atoms with Crippen LogP contribution in [0.1, 0.15) is 31.2 Å². The Balaban J connectivity index is 1.50. The molecule has 1 fully saturated rings. The Labute approximate surface area is 213 Å². The molecule has 6 rings (SSSR count). The van der Waals surface area contributed by atoms with Gasteiger partial charge in [-0.3, -0.25) is 24.1 Å². The molecule has 37 heavy (non-hydrogen) atoms. The molecule has 7 nitrogen and oxygen atoms in total. The number of methoxy groups -OCH3 is 1. The predicted molar refractivity (Wildman–Crippen MR) is 135 cm³/mol. The van der Waals surface area contributed by atoms with Crippen LogP contribution >= 0.6 is 0 Å². The number of amides is 2. The number of para-hydroxylation sites is 1. The minimum atomic E-state index is -0.634. The van der Waals surface area contributed by atoms with Crippen molar-refractivity contribution in [1.29, 1.82) is 0 Å².